The Balaban J connectivity index is 1.62. The minimum atomic E-state index is -3.25. The van der Waals surface area contributed by atoms with Crippen LogP contribution >= 0.6 is 8.18 Å². The number of hydrogen-bond acceptors (Lipinski definition) is 11. The molecule has 0 spiro atoms. The zero-order valence-electron chi connectivity index (χ0n) is 22.5. The Morgan fingerprint density at radius 2 is 1.88 bits per heavy atom. The lowest BCUT2D eigenvalue weighted by molar-refractivity contribution is -0.150. The summed E-state index contributed by atoms with van der Waals surface area (Å²) >= 11 is 0. The van der Waals surface area contributed by atoms with Crippen LogP contribution in [0.15, 0.2) is 35.3 Å². The smallest absolute Gasteiger partial charge is 0.351 e. The number of nitrogens with zero attached hydrogens (tertiary/aromatic N) is 2. The molecule has 5 atom stereocenters. The lowest BCUT2D eigenvalue weighted by Gasteiger charge is -2.27. The Labute approximate surface area is 233 Å². The van der Waals surface area contributed by atoms with Gasteiger partial charge in [-0.3, -0.25) is 18.7 Å². The molecule has 3 unspecified atom stereocenters. The van der Waals surface area contributed by atoms with E-state index in [0.29, 0.717) is 11.5 Å². The van der Waals surface area contributed by atoms with Crippen molar-refractivity contribution in [2.45, 2.75) is 64.7 Å². The molecule has 41 heavy (non-hydrogen) atoms. The summed E-state index contributed by atoms with van der Waals surface area (Å²) in [5.74, 6) is -0.491. The van der Waals surface area contributed by atoms with Crippen molar-refractivity contribution in [3.05, 3.63) is 46.5 Å². The molecule has 0 saturated heterocycles. The molecule has 1 aromatic carbocycles. The minimum Gasteiger partial charge on any atom is -0.462 e. The van der Waals surface area contributed by atoms with Gasteiger partial charge >= 0.3 is 11.7 Å². The van der Waals surface area contributed by atoms with Crippen molar-refractivity contribution in [3.8, 4) is 11.5 Å². The van der Waals surface area contributed by atoms with Gasteiger partial charge in [0.25, 0.3) is 20.5 Å². The topological polar surface area (TPSA) is 177 Å². The third kappa shape index (κ3) is 9.03. The second kappa shape index (κ2) is 14.5. The molecule has 1 amide bonds. The molecule has 14 nitrogen and oxygen atoms in total. The second-order valence-corrected chi connectivity index (χ2v) is 10.2. The zero-order chi connectivity index (χ0) is 30.3. The quantitative estimate of drug-likeness (QED) is 0.212. The summed E-state index contributed by atoms with van der Waals surface area (Å²) in [5.41, 5.74) is -0.680. The van der Waals surface area contributed by atoms with E-state index in [1.807, 2.05) is 0 Å². The van der Waals surface area contributed by atoms with Crippen molar-refractivity contribution < 1.29 is 51.5 Å². The standard InChI is InChI=1S/C24H31F2N4O10P/c1-12(2)39-23(33)13(3)29-41(35)38-10-18(20(31)21(25)26)40-14(4)30-8-7-19(28-24(30)34)27-22(32)15-5-6-16-17(9-15)37-11-36-16/h5-9,12-14,18,20-21,31,41H,10-11H2,1-4H3,(H,29,35)(H,27,28,32,34)/t13-,14+,18?,20?/m0/s1. The molecule has 1 aromatic heterocycles. The molecule has 2 heterocycles. The predicted molar refractivity (Wildman–Crippen MR) is 139 cm³/mol. The molecule has 3 N–H and O–H groups in total. The molecule has 2 aromatic rings. The number of alkyl halides is 2. The van der Waals surface area contributed by atoms with Crippen molar-refractivity contribution in [2.75, 3.05) is 18.7 Å². The number of aromatic nitrogens is 2. The van der Waals surface area contributed by atoms with Crippen LogP contribution in [0.3, 0.4) is 0 Å². The van der Waals surface area contributed by atoms with Gasteiger partial charge in [0, 0.05) is 11.8 Å². The van der Waals surface area contributed by atoms with Gasteiger partial charge in [0.2, 0.25) is 6.79 Å². The van der Waals surface area contributed by atoms with E-state index < -0.39 is 69.4 Å². The molecular weight excluding hydrogens is 573 g/mol. The van der Waals surface area contributed by atoms with Crippen LogP contribution in [0.1, 0.15) is 44.3 Å². The molecular formula is C24H31F2N4O10P. The Morgan fingerprint density at radius 3 is 2.54 bits per heavy atom. The van der Waals surface area contributed by atoms with E-state index in [4.69, 9.17) is 23.5 Å². The van der Waals surface area contributed by atoms with E-state index in [1.54, 1.807) is 19.9 Å². The summed E-state index contributed by atoms with van der Waals surface area (Å²) in [6.45, 7) is 5.23. The Hall–Kier alpha value is -3.43. The first-order chi connectivity index (χ1) is 19.3. The molecule has 1 aliphatic heterocycles. The van der Waals surface area contributed by atoms with Crippen LogP contribution in [0.5, 0.6) is 11.5 Å². The van der Waals surface area contributed by atoms with Crippen LogP contribution in [0.25, 0.3) is 0 Å². The van der Waals surface area contributed by atoms with Crippen molar-refractivity contribution in [1.82, 2.24) is 14.6 Å². The average molecular weight is 605 g/mol. The zero-order valence-corrected chi connectivity index (χ0v) is 23.5. The fourth-order valence-corrected chi connectivity index (χ4v) is 4.32. The molecule has 0 saturated carbocycles. The lowest BCUT2D eigenvalue weighted by Crippen LogP contribution is -2.41. The number of aliphatic hydroxyl groups excluding tert-OH is 1. The maximum absolute atomic E-state index is 13.3. The van der Waals surface area contributed by atoms with Crippen LogP contribution in [-0.4, -0.2) is 70.7 Å². The first kappa shape index (κ1) is 32.1. The van der Waals surface area contributed by atoms with Gasteiger partial charge in [-0.2, -0.15) is 4.98 Å². The van der Waals surface area contributed by atoms with Gasteiger partial charge in [0.05, 0.1) is 12.7 Å². The van der Waals surface area contributed by atoms with Gasteiger partial charge in [-0.25, -0.2) is 18.7 Å². The molecule has 0 radical (unpaired) electrons. The highest BCUT2D eigenvalue weighted by Gasteiger charge is 2.32. The Kier molecular flexibility index (Phi) is 11.3. The first-order valence-electron chi connectivity index (χ1n) is 12.4. The maximum atomic E-state index is 13.3. The number of anilines is 1. The number of hydrogen-bond donors (Lipinski definition) is 3. The van der Waals surface area contributed by atoms with Crippen LogP contribution in [0, 0.1) is 0 Å². The lowest BCUT2D eigenvalue weighted by atomic mass is 10.2. The number of benzene rings is 1. The van der Waals surface area contributed by atoms with Gasteiger partial charge in [-0.1, -0.05) is 0 Å². The third-order valence-electron chi connectivity index (χ3n) is 5.53. The van der Waals surface area contributed by atoms with Gasteiger partial charge in [-0.05, 0) is 52.0 Å². The highest BCUT2D eigenvalue weighted by atomic mass is 31.1. The van der Waals surface area contributed by atoms with E-state index in [0.717, 1.165) is 4.57 Å². The van der Waals surface area contributed by atoms with Gasteiger partial charge in [-0.15, -0.1) is 0 Å². The van der Waals surface area contributed by atoms with Crippen LogP contribution in [0.4, 0.5) is 14.6 Å². The van der Waals surface area contributed by atoms with Gasteiger partial charge < -0.3 is 33.9 Å². The second-order valence-electron chi connectivity index (χ2n) is 9.07. The number of aliphatic hydroxyl groups is 1. The highest BCUT2D eigenvalue weighted by molar-refractivity contribution is 7.36. The van der Waals surface area contributed by atoms with E-state index in [9.17, 15) is 32.8 Å². The number of halogens is 2. The minimum absolute atomic E-state index is 0.0334. The fraction of sp³-hybridized carbons (Fsp3) is 0.500. The molecule has 1 aliphatic rings. The summed E-state index contributed by atoms with van der Waals surface area (Å²) in [6, 6.07) is 4.79. The summed E-state index contributed by atoms with van der Waals surface area (Å²) < 4.78 is 65.6. The van der Waals surface area contributed by atoms with E-state index in [1.165, 1.54) is 38.2 Å². The molecule has 0 fully saturated rings. The predicted octanol–water partition coefficient (Wildman–Crippen LogP) is 2.09. The van der Waals surface area contributed by atoms with Gasteiger partial charge in [0.1, 0.15) is 30.3 Å². The molecule has 226 valence electrons. The number of carbonyl (C=O) groups excluding carboxylic acids is 2. The number of rotatable bonds is 14. The number of esters is 1. The normalized spacial score (nSPS) is 16.2. The summed E-state index contributed by atoms with van der Waals surface area (Å²) in [5, 5.41) is 14.8. The van der Waals surface area contributed by atoms with Gasteiger partial charge in [0.15, 0.2) is 11.5 Å². The summed E-state index contributed by atoms with van der Waals surface area (Å²) in [4.78, 5) is 40.8. The Morgan fingerprint density at radius 1 is 1.17 bits per heavy atom. The van der Waals surface area contributed by atoms with Crippen molar-refractivity contribution in [1.29, 1.82) is 0 Å². The molecule has 0 aliphatic carbocycles. The third-order valence-corrected chi connectivity index (χ3v) is 6.62. The Bertz CT molecular complexity index is 1310. The van der Waals surface area contributed by atoms with E-state index in [-0.39, 0.29) is 18.2 Å². The number of fused-ring (bicyclic) bond motifs is 1. The molecule has 0 bridgehead atoms. The SMILES string of the molecule is CC(C)OC(=O)[C@H](C)N[PH](=O)OCC(O[C@H](C)n1ccc(NC(=O)c2ccc3c(c2)OCO3)nc1=O)C(O)C(F)F. The number of amides is 1. The molecule has 17 heteroatoms. The first-order valence-corrected chi connectivity index (χ1v) is 13.7. The van der Waals surface area contributed by atoms with Crippen LogP contribution in [-0.2, 0) is 23.4 Å². The van der Waals surface area contributed by atoms with E-state index in [2.05, 4.69) is 15.4 Å². The van der Waals surface area contributed by atoms with Crippen LogP contribution < -0.4 is 25.6 Å². The number of nitrogens with one attached hydrogen (secondary N) is 2. The molecule has 3 rings (SSSR count). The van der Waals surface area contributed by atoms with Crippen molar-refractivity contribution >= 4 is 25.9 Å². The van der Waals surface area contributed by atoms with Crippen LogP contribution in [0.2, 0.25) is 0 Å². The largest absolute Gasteiger partial charge is 0.462 e. The van der Waals surface area contributed by atoms with E-state index >= 15 is 0 Å². The summed E-state index contributed by atoms with van der Waals surface area (Å²) in [7, 11) is -3.15. The summed E-state index contributed by atoms with van der Waals surface area (Å²) in [6.07, 6.45) is -7.79. The van der Waals surface area contributed by atoms with Crippen molar-refractivity contribution in [2.24, 2.45) is 0 Å². The highest BCUT2D eigenvalue weighted by Crippen LogP contribution is 2.32. The number of carbonyl (C=O) groups is 2. The maximum Gasteiger partial charge on any atom is 0.351 e. The fourth-order valence-electron chi connectivity index (χ4n) is 3.45. The number of ether oxygens (including phenoxy) is 4. The average Bonchev–Trinajstić information content (AvgIpc) is 3.38. The van der Waals surface area contributed by atoms with Crippen molar-refractivity contribution in [3.63, 3.8) is 0 Å². The monoisotopic (exact) mass is 604 g/mol.